The summed E-state index contributed by atoms with van der Waals surface area (Å²) < 4.78 is 80.5. The third kappa shape index (κ3) is 3.01. The quantitative estimate of drug-likeness (QED) is 0.447. The first kappa shape index (κ1) is 23.4. The Balaban J connectivity index is 1.26. The lowest BCUT2D eigenvalue weighted by atomic mass is 9.43. The normalized spacial score (nSPS) is 28.4. The van der Waals surface area contributed by atoms with Crippen LogP contribution < -0.4 is 9.80 Å². The van der Waals surface area contributed by atoms with E-state index in [1.165, 1.54) is 0 Å². The van der Waals surface area contributed by atoms with E-state index in [1.54, 1.807) is 18.2 Å². The molecule has 0 atom stereocenters. The topological polar surface area (TPSA) is 84.2 Å². The SMILES string of the molecule is O=S(=O)(n1nc(N2CCN(c3ncc(F)cn3)CC23CC3)c2c(Cl)cccc21)C12CC(C(F)(F)F)(C1)C2. The maximum Gasteiger partial charge on any atom is 0.394 e. The number of aromatic nitrogens is 4. The van der Waals surface area contributed by atoms with E-state index in [0.717, 1.165) is 29.3 Å². The maximum atomic E-state index is 13.7. The summed E-state index contributed by atoms with van der Waals surface area (Å²) in [6, 6.07) is 4.84. The summed E-state index contributed by atoms with van der Waals surface area (Å²) in [5, 5.41) is 5.32. The molecule has 5 aliphatic rings. The van der Waals surface area contributed by atoms with Crippen LogP contribution in [0.4, 0.5) is 29.3 Å². The van der Waals surface area contributed by atoms with Gasteiger partial charge in [-0.1, -0.05) is 17.7 Å². The van der Waals surface area contributed by atoms with Crippen LogP contribution in [-0.2, 0) is 10.0 Å². The van der Waals surface area contributed by atoms with Crippen LogP contribution in [-0.4, -0.2) is 63.7 Å². The fourth-order valence-corrected chi connectivity index (χ4v) is 9.02. The predicted molar refractivity (Wildman–Crippen MR) is 128 cm³/mol. The molecule has 5 fully saturated rings. The molecule has 0 amide bonds. The van der Waals surface area contributed by atoms with Crippen molar-refractivity contribution < 1.29 is 26.0 Å². The van der Waals surface area contributed by atoms with E-state index in [-0.39, 0.29) is 11.1 Å². The molecule has 0 unspecified atom stereocenters. The lowest BCUT2D eigenvalue weighted by Crippen LogP contribution is -2.76. The predicted octanol–water partition coefficient (Wildman–Crippen LogP) is 4.14. The Morgan fingerprint density at radius 2 is 1.70 bits per heavy atom. The lowest BCUT2D eigenvalue weighted by Gasteiger charge is -2.68. The number of benzene rings is 1. The average molecular weight is 557 g/mol. The van der Waals surface area contributed by atoms with Crippen molar-refractivity contribution in [2.24, 2.45) is 5.41 Å². The van der Waals surface area contributed by atoms with E-state index in [2.05, 4.69) is 15.1 Å². The number of rotatable bonds is 4. The minimum atomic E-state index is -4.42. The van der Waals surface area contributed by atoms with E-state index in [4.69, 9.17) is 11.6 Å². The highest BCUT2D eigenvalue weighted by molar-refractivity contribution is 7.91. The number of hydrogen-bond donors (Lipinski definition) is 0. The summed E-state index contributed by atoms with van der Waals surface area (Å²) >= 11 is 6.56. The van der Waals surface area contributed by atoms with Crippen LogP contribution in [0, 0.1) is 11.2 Å². The smallest absolute Gasteiger partial charge is 0.345 e. The highest BCUT2D eigenvalue weighted by atomic mass is 35.5. The van der Waals surface area contributed by atoms with Crippen molar-refractivity contribution in [3.8, 4) is 0 Å². The second-order valence-corrected chi connectivity index (χ2v) is 13.4. The number of fused-ring (bicyclic) bond motifs is 1. The van der Waals surface area contributed by atoms with Gasteiger partial charge in [0.05, 0.1) is 44.0 Å². The van der Waals surface area contributed by atoms with E-state index >= 15 is 0 Å². The van der Waals surface area contributed by atoms with Crippen LogP contribution in [0.2, 0.25) is 5.02 Å². The van der Waals surface area contributed by atoms with Crippen LogP contribution in [0.1, 0.15) is 32.1 Å². The molecule has 37 heavy (non-hydrogen) atoms. The second-order valence-electron chi connectivity index (χ2n) is 10.8. The molecule has 3 aromatic rings. The number of nitrogens with zero attached hydrogens (tertiary/aromatic N) is 6. The van der Waals surface area contributed by atoms with Crippen molar-refractivity contribution in [3.63, 3.8) is 0 Å². The first-order chi connectivity index (χ1) is 17.4. The van der Waals surface area contributed by atoms with Crippen molar-refractivity contribution in [1.82, 2.24) is 19.2 Å². The Labute approximate surface area is 214 Å². The molecule has 3 heterocycles. The van der Waals surface area contributed by atoms with E-state index in [1.807, 2.05) is 9.80 Å². The maximum absolute atomic E-state index is 13.7. The minimum absolute atomic E-state index is 0.258. The molecule has 4 aliphatic carbocycles. The number of alkyl halides is 3. The molecule has 4 saturated carbocycles. The highest BCUT2D eigenvalue weighted by Gasteiger charge is 2.83. The molecule has 2 bridgehead atoms. The number of piperazine rings is 1. The second kappa shape index (κ2) is 7.04. The Hall–Kier alpha value is -2.67. The molecule has 1 aromatic carbocycles. The monoisotopic (exact) mass is 556 g/mol. The van der Waals surface area contributed by atoms with Crippen molar-refractivity contribution in [2.45, 2.75) is 48.6 Å². The van der Waals surface area contributed by atoms with Crippen molar-refractivity contribution in [1.29, 1.82) is 0 Å². The molecule has 0 N–H and O–H groups in total. The first-order valence-corrected chi connectivity index (χ1v) is 13.7. The fourth-order valence-electron chi connectivity index (χ4n) is 6.43. The molecular weight excluding hydrogens is 536 g/mol. The minimum Gasteiger partial charge on any atom is -0.345 e. The Morgan fingerprint density at radius 1 is 1.03 bits per heavy atom. The van der Waals surface area contributed by atoms with E-state index in [0.29, 0.717) is 41.8 Å². The zero-order valence-corrected chi connectivity index (χ0v) is 20.9. The van der Waals surface area contributed by atoms with Crippen LogP contribution in [0.3, 0.4) is 0 Å². The van der Waals surface area contributed by atoms with Gasteiger partial charge in [-0.05, 0) is 44.2 Å². The molecule has 1 spiro atoms. The van der Waals surface area contributed by atoms with Crippen molar-refractivity contribution in [3.05, 3.63) is 41.4 Å². The highest BCUT2D eigenvalue weighted by Crippen LogP contribution is 2.76. The number of hydrogen-bond acceptors (Lipinski definition) is 7. The summed E-state index contributed by atoms with van der Waals surface area (Å²) in [5.41, 5.74) is -2.00. The molecule has 1 saturated heterocycles. The van der Waals surface area contributed by atoms with Gasteiger partial charge in [0.2, 0.25) is 5.95 Å². The number of halogens is 5. The molecule has 2 aromatic heterocycles. The molecule has 196 valence electrons. The van der Waals surface area contributed by atoms with Crippen LogP contribution in [0.5, 0.6) is 0 Å². The molecule has 8 nitrogen and oxygen atoms in total. The molecular formula is C23H21ClF4N6O2S. The largest absolute Gasteiger partial charge is 0.394 e. The fraction of sp³-hybridized carbons (Fsp3) is 0.522. The van der Waals surface area contributed by atoms with Crippen LogP contribution >= 0.6 is 11.6 Å². The van der Waals surface area contributed by atoms with Gasteiger partial charge in [0.1, 0.15) is 0 Å². The van der Waals surface area contributed by atoms with Gasteiger partial charge in [0.25, 0.3) is 10.0 Å². The first-order valence-electron chi connectivity index (χ1n) is 11.9. The van der Waals surface area contributed by atoms with Gasteiger partial charge in [-0.25, -0.2) is 22.8 Å². The summed E-state index contributed by atoms with van der Waals surface area (Å²) in [6.45, 7) is 1.47. The summed E-state index contributed by atoms with van der Waals surface area (Å²) in [4.78, 5) is 12.2. The molecule has 0 radical (unpaired) electrons. The van der Waals surface area contributed by atoms with Gasteiger partial charge in [-0.3, -0.25) is 0 Å². The Kier molecular flexibility index (Phi) is 4.46. The zero-order valence-electron chi connectivity index (χ0n) is 19.3. The van der Waals surface area contributed by atoms with E-state index in [9.17, 15) is 26.0 Å². The van der Waals surface area contributed by atoms with Crippen molar-refractivity contribution >= 4 is 44.3 Å². The van der Waals surface area contributed by atoms with Gasteiger partial charge < -0.3 is 9.80 Å². The third-order valence-corrected chi connectivity index (χ3v) is 11.2. The Bertz CT molecular complexity index is 1530. The van der Waals surface area contributed by atoms with Crippen LogP contribution in [0.25, 0.3) is 10.9 Å². The average Bonchev–Trinajstić information content (AvgIpc) is 3.39. The van der Waals surface area contributed by atoms with Gasteiger partial charge in [-0.15, -0.1) is 5.10 Å². The van der Waals surface area contributed by atoms with Crippen molar-refractivity contribution in [2.75, 3.05) is 29.4 Å². The third-order valence-electron chi connectivity index (χ3n) is 8.59. The van der Waals surface area contributed by atoms with Crippen LogP contribution in [0.15, 0.2) is 30.6 Å². The molecule has 1 aliphatic heterocycles. The van der Waals surface area contributed by atoms with Gasteiger partial charge in [-0.2, -0.15) is 17.3 Å². The number of anilines is 2. The van der Waals surface area contributed by atoms with Gasteiger partial charge in [0, 0.05) is 19.6 Å². The summed E-state index contributed by atoms with van der Waals surface area (Å²) in [6.07, 6.45) is -1.89. The zero-order chi connectivity index (χ0) is 26.0. The molecule has 8 rings (SSSR count). The summed E-state index contributed by atoms with van der Waals surface area (Å²) in [7, 11) is -4.22. The Morgan fingerprint density at radius 3 is 2.32 bits per heavy atom. The standard InChI is InChI=1S/C23H21ClF4N6O2S/c24-15-2-1-3-16-17(15)18(31-34(16)37(35,36)22-10-20(11-22,12-22)23(26,27)28)33-7-6-32(13-21(33)4-5-21)19-29-8-14(25)9-30-19/h1-3,8-9H,4-7,10-13H2. The summed E-state index contributed by atoms with van der Waals surface area (Å²) in [5.74, 6) is 0.283. The van der Waals surface area contributed by atoms with Gasteiger partial charge in [0.15, 0.2) is 11.6 Å². The van der Waals surface area contributed by atoms with E-state index < -0.39 is 51.4 Å². The lowest BCUT2D eigenvalue weighted by molar-refractivity contribution is -0.314. The van der Waals surface area contributed by atoms with Gasteiger partial charge >= 0.3 is 6.18 Å². The molecule has 14 heteroatoms.